The monoisotopic (exact) mass is 480 g/mol. The van der Waals surface area contributed by atoms with Crippen LogP contribution in [0.1, 0.15) is 106 Å². The molecule has 2 heterocycles. The molecule has 6 heteroatoms. The van der Waals surface area contributed by atoms with Crippen molar-refractivity contribution in [3.05, 3.63) is 0 Å². The Kier molecular flexibility index (Phi) is 10.9. The van der Waals surface area contributed by atoms with Crippen molar-refractivity contribution in [2.24, 2.45) is 11.8 Å². The highest BCUT2D eigenvalue weighted by atomic mass is 16.5. The van der Waals surface area contributed by atoms with E-state index in [0.717, 1.165) is 64.5 Å². The van der Waals surface area contributed by atoms with Crippen molar-refractivity contribution in [2.75, 3.05) is 27.2 Å². The van der Waals surface area contributed by atoms with Crippen LogP contribution < -0.4 is 0 Å². The lowest BCUT2D eigenvalue weighted by molar-refractivity contribution is -0.160. The minimum absolute atomic E-state index is 0.0297. The zero-order chi connectivity index (χ0) is 25.5. The molecule has 2 aliphatic rings. The van der Waals surface area contributed by atoms with Gasteiger partial charge in [-0.25, -0.2) is 0 Å². The summed E-state index contributed by atoms with van der Waals surface area (Å²) in [6.45, 7) is 15.2. The smallest absolute Gasteiger partial charge is 0.306 e. The van der Waals surface area contributed by atoms with Gasteiger partial charge in [-0.1, -0.05) is 39.5 Å². The van der Waals surface area contributed by atoms with Gasteiger partial charge in [-0.2, -0.15) is 0 Å². The van der Waals surface area contributed by atoms with Crippen molar-refractivity contribution in [2.45, 2.75) is 129 Å². The van der Waals surface area contributed by atoms with Crippen molar-refractivity contribution in [3.8, 4) is 0 Å². The number of carbonyl (C=O) groups is 2. The van der Waals surface area contributed by atoms with E-state index in [1.165, 1.54) is 0 Å². The summed E-state index contributed by atoms with van der Waals surface area (Å²) in [5.41, 5.74) is 0.106. The summed E-state index contributed by atoms with van der Waals surface area (Å²) >= 11 is 0. The summed E-state index contributed by atoms with van der Waals surface area (Å²) < 4.78 is 11.7. The molecule has 2 rings (SSSR count). The molecule has 4 atom stereocenters. The van der Waals surface area contributed by atoms with Gasteiger partial charge < -0.3 is 19.3 Å². The van der Waals surface area contributed by atoms with Gasteiger partial charge in [-0.3, -0.25) is 9.59 Å². The molecule has 2 saturated heterocycles. The lowest BCUT2D eigenvalue weighted by Gasteiger charge is -2.48. The number of hydrogen-bond donors (Lipinski definition) is 0. The summed E-state index contributed by atoms with van der Waals surface area (Å²) in [7, 11) is 4.29. The molecule has 0 bridgehead atoms. The van der Waals surface area contributed by atoms with Gasteiger partial charge in [0.1, 0.15) is 12.2 Å². The number of hydrogen-bond acceptors (Lipinski definition) is 6. The molecule has 0 radical (unpaired) electrons. The Labute approximate surface area is 209 Å². The van der Waals surface area contributed by atoms with Crippen molar-refractivity contribution >= 4 is 11.9 Å². The summed E-state index contributed by atoms with van der Waals surface area (Å²) in [4.78, 5) is 29.3. The number of esters is 2. The van der Waals surface area contributed by atoms with E-state index in [-0.39, 0.29) is 35.2 Å². The first kappa shape index (κ1) is 29.1. The van der Waals surface area contributed by atoms with E-state index in [0.29, 0.717) is 24.7 Å². The van der Waals surface area contributed by atoms with Crippen LogP contribution in [0.3, 0.4) is 0 Å². The van der Waals surface area contributed by atoms with E-state index in [1.807, 2.05) is 0 Å². The van der Waals surface area contributed by atoms with Crippen molar-refractivity contribution in [1.29, 1.82) is 0 Å². The van der Waals surface area contributed by atoms with Crippen LogP contribution in [0, 0.1) is 11.8 Å². The first-order valence-electron chi connectivity index (χ1n) is 13.7. The van der Waals surface area contributed by atoms with E-state index >= 15 is 0 Å². The summed E-state index contributed by atoms with van der Waals surface area (Å²) in [6.07, 6.45) is 8.96. The van der Waals surface area contributed by atoms with Gasteiger partial charge in [0.15, 0.2) is 0 Å². The maximum atomic E-state index is 12.3. The normalized spacial score (nSPS) is 29.5. The van der Waals surface area contributed by atoms with Crippen LogP contribution >= 0.6 is 0 Å². The Balaban J connectivity index is 1.51. The molecule has 0 amide bonds. The molecule has 4 unspecified atom stereocenters. The van der Waals surface area contributed by atoms with Crippen LogP contribution in [0.4, 0.5) is 0 Å². The molecule has 2 aliphatic heterocycles. The predicted molar refractivity (Wildman–Crippen MR) is 138 cm³/mol. The Morgan fingerprint density at radius 1 is 0.676 bits per heavy atom. The number of piperidine rings is 2. The second-order valence-corrected chi connectivity index (χ2v) is 12.0. The fourth-order valence-electron chi connectivity index (χ4n) is 5.35. The third-order valence-corrected chi connectivity index (χ3v) is 9.39. The zero-order valence-corrected chi connectivity index (χ0v) is 23.3. The molecule has 0 aromatic carbocycles. The minimum Gasteiger partial charge on any atom is -0.462 e. The molecule has 0 aromatic heterocycles. The molecule has 0 aromatic rings. The first-order valence-corrected chi connectivity index (χ1v) is 13.7. The van der Waals surface area contributed by atoms with Crippen LogP contribution in [-0.2, 0) is 19.1 Å². The average Bonchev–Trinajstić information content (AvgIpc) is 2.77. The molecule has 0 aliphatic carbocycles. The SMILES string of the molecule is CC1C(OC(=O)CCCCCCCCC(=O)OC2CCN(C)C(C)(C)C2C)CCN(C)C1(C)C. The van der Waals surface area contributed by atoms with Gasteiger partial charge in [-0.05, 0) is 67.5 Å². The highest BCUT2D eigenvalue weighted by molar-refractivity contribution is 5.70. The topological polar surface area (TPSA) is 59.1 Å². The van der Waals surface area contributed by atoms with E-state index in [2.05, 4.69) is 65.4 Å². The summed E-state index contributed by atoms with van der Waals surface area (Å²) in [5.74, 6) is 0.560. The maximum Gasteiger partial charge on any atom is 0.306 e. The lowest BCUT2D eigenvalue weighted by Crippen LogP contribution is -2.56. The fraction of sp³-hybridized carbons (Fsp3) is 0.929. The van der Waals surface area contributed by atoms with Gasteiger partial charge in [-0.15, -0.1) is 0 Å². The van der Waals surface area contributed by atoms with Gasteiger partial charge in [0.2, 0.25) is 0 Å². The quantitative estimate of drug-likeness (QED) is 0.290. The molecule has 0 saturated carbocycles. The van der Waals surface area contributed by atoms with Crippen LogP contribution in [0.25, 0.3) is 0 Å². The van der Waals surface area contributed by atoms with Crippen LogP contribution in [0.5, 0.6) is 0 Å². The van der Waals surface area contributed by atoms with E-state index in [4.69, 9.17) is 9.47 Å². The van der Waals surface area contributed by atoms with Crippen LogP contribution in [0.2, 0.25) is 0 Å². The zero-order valence-electron chi connectivity index (χ0n) is 23.3. The van der Waals surface area contributed by atoms with Gasteiger partial charge >= 0.3 is 11.9 Å². The van der Waals surface area contributed by atoms with Crippen molar-refractivity contribution < 1.29 is 19.1 Å². The number of rotatable bonds is 11. The van der Waals surface area contributed by atoms with E-state index in [9.17, 15) is 9.59 Å². The number of likely N-dealkylation sites (tertiary alicyclic amines) is 2. The third kappa shape index (κ3) is 7.68. The van der Waals surface area contributed by atoms with Crippen LogP contribution in [0.15, 0.2) is 0 Å². The van der Waals surface area contributed by atoms with Crippen molar-refractivity contribution in [1.82, 2.24) is 9.80 Å². The molecule has 0 spiro atoms. The number of unbranched alkanes of at least 4 members (excludes halogenated alkanes) is 5. The number of ether oxygens (including phenoxy) is 2. The highest BCUT2D eigenvalue weighted by Gasteiger charge is 2.42. The molecule has 0 N–H and O–H groups in total. The number of nitrogens with zero attached hydrogens (tertiary/aromatic N) is 2. The largest absolute Gasteiger partial charge is 0.462 e. The second-order valence-electron chi connectivity index (χ2n) is 12.0. The molecule has 6 nitrogen and oxygen atoms in total. The van der Waals surface area contributed by atoms with Crippen molar-refractivity contribution in [3.63, 3.8) is 0 Å². The molecule has 198 valence electrons. The Hall–Kier alpha value is -1.14. The number of carbonyl (C=O) groups excluding carboxylic acids is 2. The molecule has 34 heavy (non-hydrogen) atoms. The first-order chi connectivity index (χ1) is 15.9. The van der Waals surface area contributed by atoms with Gasteiger partial charge in [0.25, 0.3) is 0 Å². The molecule has 2 fully saturated rings. The Morgan fingerprint density at radius 2 is 1.00 bits per heavy atom. The summed E-state index contributed by atoms with van der Waals surface area (Å²) in [5, 5.41) is 0. The minimum atomic E-state index is -0.0498. The highest BCUT2D eigenvalue weighted by Crippen LogP contribution is 2.35. The third-order valence-electron chi connectivity index (χ3n) is 9.39. The fourth-order valence-corrected chi connectivity index (χ4v) is 5.35. The van der Waals surface area contributed by atoms with Gasteiger partial charge in [0.05, 0.1) is 0 Å². The second kappa shape index (κ2) is 12.7. The standard InChI is InChI=1S/C28H52N2O4/c1-21-23(17-19-29(7)27(21,3)4)33-25(31)15-13-11-9-10-12-14-16-26(32)34-24-18-20-30(8)28(5,6)22(24)2/h21-24H,9-20H2,1-8H3. The maximum absolute atomic E-state index is 12.3. The average molecular weight is 481 g/mol. The predicted octanol–water partition coefficient (Wildman–Crippen LogP) is 5.43. The van der Waals surface area contributed by atoms with Crippen LogP contribution in [-0.4, -0.2) is 72.2 Å². The van der Waals surface area contributed by atoms with Gasteiger partial charge in [0, 0.05) is 48.8 Å². The Bertz CT molecular complexity index is 607. The lowest BCUT2D eigenvalue weighted by atomic mass is 9.79. The van der Waals surface area contributed by atoms with E-state index < -0.39 is 0 Å². The van der Waals surface area contributed by atoms with E-state index in [1.54, 1.807) is 0 Å². The molecular weight excluding hydrogens is 428 g/mol. The molecular formula is C28H52N2O4. The Morgan fingerprint density at radius 3 is 1.35 bits per heavy atom. The summed E-state index contributed by atoms with van der Waals surface area (Å²) in [6, 6.07) is 0.